The summed E-state index contributed by atoms with van der Waals surface area (Å²) in [6.45, 7) is 4.56. The van der Waals surface area contributed by atoms with Crippen molar-refractivity contribution in [3.8, 4) is 0 Å². The van der Waals surface area contributed by atoms with E-state index < -0.39 is 16.9 Å². The number of hydrogen-bond acceptors (Lipinski definition) is 5. The SMILES string of the molecule is C=CC(N)=O.O=[SH](=O)ON1CCC1. The highest BCUT2D eigenvalue weighted by molar-refractivity contribution is 7.67. The summed E-state index contributed by atoms with van der Waals surface area (Å²) in [4.78, 5) is 9.47. The molecule has 0 aromatic carbocycles. The molecule has 13 heavy (non-hydrogen) atoms. The molecule has 76 valence electrons. The number of carbonyl (C=O) groups is 1. The number of nitrogens with zero attached hydrogens (tertiary/aromatic N) is 1. The molecular formula is C6H12N2O4S. The third kappa shape index (κ3) is 7.44. The highest BCUT2D eigenvalue weighted by Gasteiger charge is 2.14. The zero-order chi connectivity index (χ0) is 10.3. The molecule has 0 saturated carbocycles. The van der Waals surface area contributed by atoms with Crippen LogP contribution in [-0.2, 0) is 20.1 Å². The van der Waals surface area contributed by atoms with E-state index in [1.807, 2.05) is 0 Å². The molecule has 0 unspecified atom stereocenters. The van der Waals surface area contributed by atoms with E-state index in [0.717, 1.165) is 25.6 Å². The van der Waals surface area contributed by atoms with Crippen LogP contribution in [-0.4, -0.2) is 32.5 Å². The second kappa shape index (κ2) is 6.58. The standard InChI is InChI=1S/C3H7NO3S.C3H5NO/c5-8(6)7-4-2-1-3-4;1-2-3(4)5/h8H,1-3H2;2H,1H2,(H2,4,5). The number of hydrogen-bond donors (Lipinski definition) is 2. The van der Waals surface area contributed by atoms with Crippen molar-refractivity contribution in [2.45, 2.75) is 6.42 Å². The molecule has 1 fully saturated rings. The van der Waals surface area contributed by atoms with Crippen molar-refractivity contribution >= 4 is 16.9 Å². The number of nitrogens with two attached hydrogens (primary N) is 1. The Morgan fingerprint density at radius 1 is 1.54 bits per heavy atom. The van der Waals surface area contributed by atoms with Gasteiger partial charge in [-0.05, 0) is 12.5 Å². The van der Waals surface area contributed by atoms with Crippen LogP contribution in [0.25, 0.3) is 0 Å². The Morgan fingerprint density at radius 3 is 2.08 bits per heavy atom. The smallest absolute Gasteiger partial charge is 0.273 e. The molecule has 0 aliphatic carbocycles. The average Bonchev–Trinajstić information content (AvgIpc) is 1.98. The van der Waals surface area contributed by atoms with Gasteiger partial charge in [0.05, 0.1) is 0 Å². The predicted octanol–water partition coefficient (Wildman–Crippen LogP) is -1.19. The second-order valence-electron chi connectivity index (χ2n) is 2.19. The topological polar surface area (TPSA) is 89.7 Å². The highest BCUT2D eigenvalue weighted by atomic mass is 32.2. The first kappa shape index (κ1) is 12.1. The summed E-state index contributed by atoms with van der Waals surface area (Å²) in [7, 11) is -2.67. The minimum absolute atomic E-state index is 0.481. The number of amides is 1. The first-order valence-electron chi connectivity index (χ1n) is 3.55. The van der Waals surface area contributed by atoms with E-state index in [1.165, 1.54) is 5.06 Å². The number of carbonyl (C=O) groups excluding carboxylic acids is 1. The van der Waals surface area contributed by atoms with Crippen LogP contribution in [0.4, 0.5) is 0 Å². The van der Waals surface area contributed by atoms with Gasteiger partial charge in [-0.25, -0.2) is 8.42 Å². The summed E-state index contributed by atoms with van der Waals surface area (Å²) in [6, 6.07) is 0. The monoisotopic (exact) mass is 208 g/mol. The molecule has 7 heteroatoms. The van der Waals surface area contributed by atoms with E-state index in [-0.39, 0.29) is 0 Å². The predicted molar refractivity (Wildman–Crippen MR) is 47.0 cm³/mol. The lowest BCUT2D eigenvalue weighted by atomic mass is 10.3. The van der Waals surface area contributed by atoms with Gasteiger partial charge < -0.3 is 5.73 Å². The van der Waals surface area contributed by atoms with E-state index in [1.54, 1.807) is 0 Å². The number of rotatable bonds is 3. The molecule has 6 nitrogen and oxygen atoms in total. The Morgan fingerprint density at radius 2 is 2.00 bits per heavy atom. The number of thiol groups is 1. The molecule has 0 radical (unpaired) electrons. The average molecular weight is 208 g/mol. The maximum Gasteiger partial charge on any atom is 0.273 e. The fourth-order valence-electron chi connectivity index (χ4n) is 0.463. The van der Waals surface area contributed by atoms with Crippen molar-refractivity contribution in [2.24, 2.45) is 5.73 Å². The molecule has 0 atom stereocenters. The third-order valence-corrected chi connectivity index (χ3v) is 1.56. The molecule has 1 aliphatic rings. The van der Waals surface area contributed by atoms with Crippen molar-refractivity contribution < 1.29 is 17.5 Å². The normalized spacial score (nSPS) is 15.5. The van der Waals surface area contributed by atoms with E-state index >= 15 is 0 Å². The van der Waals surface area contributed by atoms with Gasteiger partial charge in [0.25, 0.3) is 11.0 Å². The summed E-state index contributed by atoms with van der Waals surface area (Å²) in [5, 5.41) is 1.41. The van der Waals surface area contributed by atoms with Crippen LogP contribution >= 0.6 is 0 Å². The van der Waals surface area contributed by atoms with Gasteiger partial charge in [0.1, 0.15) is 0 Å². The fourth-order valence-corrected chi connectivity index (χ4v) is 0.815. The van der Waals surface area contributed by atoms with Gasteiger partial charge in [0, 0.05) is 13.1 Å². The molecule has 1 rings (SSSR count). The van der Waals surface area contributed by atoms with E-state index in [2.05, 4.69) is 16.6 Å². The molecule has 0 aromatic rings. The lowest BCUT2D eigenvalue weighted by molar-refractivity contribution is -0.113. The molecule has 1 heterocycles. The quantitative estimate of drug-likeness (QED) is 0.449. The summed E-state index contributed by atoms with van der Waals surface area (Å²) in [6.07, 6.45) is 2.09. The number of primary amides is 1. The van der Waals surface area contributed by atoms with Gasteiger partial charge >= 0.3 is 0 Å². The zero-order valence-corrected chi connectivity index (χ0v) is 7.90. The summed E-state index contributed by atoms with van der Waals surface area (Å²) in [5.74, 6) is -0.481. The van der Waals surface area contributed by atoms with Crippen LogP contribution in [0.3, 0.4) is 0 Å². The molecule has 1 aliphatic heterocycles. The van der Waals surface area contributed by atoms with Gasteiger partial charge in [0.2, 0.25) is 5.91 Å². The summed E-state index contributed by atoms with van der Waals surface area (Å²) >= 11 is 0. The van der Waals surface area contributed by atoms with Gasteiger partial charge in [-0.1, -0.05) is 6.58 Å². The maximum atomic E-state index is 9.78. The molecule has 0 spiro atoms. The third-order valence-electron chi connectivity index (χ3n) is 1.20. The van der Waals surface area contributed by atoms with Crippen molar-refractivity contribution in [3.63, 3.8) is 0 Å². The molecular weight excluding hydrogens is 196 g/mol. The lowest BCUT2D eigenvalue weighted by Gasteiger charge is -2.25. The van der Waals surface area contributed by atoms with E-state index in [0.29, 0.717) is 0 Å². The van der Waals surface area contributed by atoms with Crippen molar-refractivity contribution in [3.05, 3.63) is 12.7 Å². The van der Waals surface area contributed by atoms with Crippen LogP contribution in [0.1, 0.15) is 6.42 Å². The summed E-state index contributed by atoms with van der Waals surface area (Å²) < 4.78 is 23.8. The Hall–Kier alpha value is -0.920. The number of hydroxylamine groups is 2. The minimum atomic E-state index is -2.67. The fraction of sp³-hybridized carbons (Fsp3) is 0.500. The molecule has 0 bridgehead atoms. The van der Waals surface area contributed by atoms with Crippen molar-refractivity contribution in [1.29, 1.82) is 0 Å². The molecule has 0 aromatic heterocycles. The van der Waals surface area contributed by atoms with E-state index in [4.69, 9.17) is 0 Å². The largest absolute Gasteiger partial charge is 0.366 e. The Kier molecular flexibility index (Phi) is 6.11. The van der Waals surface area contributed by atoms with Gasteiger partial charge in [-0.15, -0.1) is 0 Å². The molecule has 2 N–H and O–H groups in total. The van der Waals surface area contributed by atoms with Crippen LogP contribution < -0.4 is 5.73 Å². The molecule has 1 saturated heterocycles. The van der Waals surface area contributed by atoms with Gasteiger partial charge in [0.15, 0.2) is 0 Å². The molecule has 1 amide bonds. The second-order valence-corrected chi connectivity index (χ2v) is 2.80. The van der Waals surface area contributed by atoms with Gasteiger partial charge in [-0.3, -0.25) is 4.79 Å². The van der Waals surface area contributed by atoms with Crippen LogP contribution in [0.5, 0.6) is 0 Å². The van der Waals surface area contributed by atoms with Crippen molar-refractivity contribution in [1.82, 2.24) is 5.06 Å². The van der Waals surface area contributed by atoms with E-state index in [9.17, 15) is 13.2 Å². The Balaban J connectivity index is 0.000000252. The first-order chi connectivity index (χ1) is 6.06. The maximum absolute atomic E-state index is 9.78. The zero-order valence-electron chi connectivity index (χ0n) is 7.01. The van der Waals surface area contributed by atoms with Crippen LogP contribution in [0.2, 0.25) is 0 Å². The lowest BCUT2D eigenvalue weighted by Crippen LogP contribution is -2.36. The highest BCUT2D eigenvalue weighted by Crippen LogP contribution is 2.04. The van der Waals surface area contributed by atoms with Crippen molar-refractivity contribution in [2.75, 3.05) is 13.1 Å². The first-order valence-corrected chi connectivity index (χ1v) is 4.65. The Labute approximate surface area is 78.1 Å². The summed E-state index contributed by atoms with van der Waals surface area (Å²) in [5.41, 5.74) is 4.53. The van der Waals surface area contributed by atoms with Crippen LogP contribution in [0, 0.1) is 0 Å². The Bertz CT molecular complexity index is 239. The van der Waals surface area contributed by atoms with Crippen LogP contribution in [0.15, 0.2) is 12.7 Å². The minimum Gasteiger partial charge on any atom is -0.366 e. The van der Waals surface area contributed by atoms with Gasteiger partial charge in [-0.2, -0.15) is 9.35 Å².